The second-order valence-corrected chi connectivity index (χ2v) is 4.21. The first-order valence-electron chi connectivity index (χ1n) is 4.92. The summed E-state index contributed by atoms with van der Waals surface area (Å²) >= 11 is 3.05. The number of furan rings is 1. The Kier molecular flexibility index (Phi) is 3.58. The molecule has 0 radical (unpaired) electrons. The normalized spacial score (nSPS) is 10.2. The minimum Gasteiger partial charge on any atom is -0.472 e. The maximum absolute atomic E-state index is 13.2. The Labute approximate surface area is 106 Å². The Morgan fingerprint density at radius 2 is 2.24 bits per heavy atom. The highest BCUT2D eigenvalue weighted by Gasteiger charge is 2.12. The third kappa shape index (κ3) is 2.74. The number of carbonyl (C=O) groups excluding carboxylic acids is 1. The molecule has 0 fully saturated rings. The molecule has 0 aliphatic carbocycles. The Bertz CT molecular complexity index is 525. The zero-order valence-corrected chi connectivity index (χ0v) is 10.3. The van der Waals surface area contributed by atoms with Gasteiger partial charge in [-0.1, -0.05) is 6.07 Å². The molecule has 88 valence electrons. The molecule has 0 aliphatic rings. The van der Waals surface area contributed by atoms with Crippen molar-refractivity contribution in [1.82, 2.24) is 5.32 Å². The van der Waals surface area contributed by atoms with Crippen molar-refractivity contribution >= 4 is 21.8 Å². The van der Waals surface area contributed by atoms with Gasteiger partial charge in [0.1, 0.15) is 5.82 Å². The summed E-state index contributed by atoms with van der Waals surface area (Å²) in [6, 6.07) is 6.09. The molecule has 2 aromatic rings. The molecule has 0 saturated heterocycles. The average Bonchev–Trinajstić information content (AvgIpc) is 2.82. The predicted molar refractivity (Wildman–Crippen MR) is 64.0 cm³/mol. The lowest BCUT2D eigenvalue weighted by Gasteiger charge is -2.06. The molecular weight excluding hydrogens is 289 g/mol. The maximum atomic E-state index is 13.2. The van der Waals surface area contributed by atoms with Crippen LogP contribution < -0.4 is 5.32 Å². The molecule has 3 nitrogen and oxygen atoms in total. The monoisotopic (exact) mass is 297 g/mol. The van der Waals surface area contributed by atoms with Gasteiger partial charge in [-0.25, -0.2) is 4.39 Å². The van der Waals surface area contributed by atoms with Gasteiger partial charge in [0.2, 0.25) is 0 Å². The van der Waals surface area contributed by atoms with Crippen LogP contribution in [0.3, 0.4) is 0 Å². The van der Waals surface area contributed by atoms with Crippen molar-refractivity contribution in [2.45, 2.75) is 6.54 Å². The minimum absolute atomic E-state index is 0.171. The van der Waals surface area contributed by atoms with Crippen LogP contribution >= 0.6 is 15.9 Å². The third-order valence-corrected chi connectivity index (χ3v) is 3.04. The Balaban J connectivity index is 2.07. The van der Waals surface area contributed by atoms with E-state index in [1.54, 1.807) is 18.4 Å². The number of amides is 1. The predicted octanol–water partition coefficient (Wildman–Crippen LogP) is 3.11. The number of hydrogen-bond acceptors (Lipinski definition) is 2. The molecule has 1 aromatic carbocycles. The van der Waals surface area contributed by atoms with Gasteiger partial charge in [0.25, 0.3) is 5.91 Å². The van der Waals surface area contributed by atoms with Crippen molar-refractivity contribution < 1.29 is 13.6 Å². The van der Waals surface area contributed by atoms with E-state index in [0.29, 0.717) is 6.54 Å². The van der Waals surface area contributed by atoms with Crippen LogP contribution in [0.4, 0.5) is 4.39 Å². The van der Waals surface area contributed by atoms with Crippen molar-refractivity contribution in [3.63, 3.8) is 0 Å². The topological polar surface area (TPSA) is 42.2 Å². The fourth-order valence-electron chi connectivity index (χ4n) is 1.35. The first kappa shape index (κ1) is 11.9. The number of rotatable bonds is 3. The van der Waals surface area contributed by atoms with E-state index in [1.165, 1.54) is 18.4 Å². The van der Waals surface area contributed by atoms with Gasteiger partial charge in [-0.3, -0.25) is 4.79 Å². The molecule has 2 rings (SSSR count). The van der Waals surface area contributed by atoms with Gasteiger partial charge in [0, 0.05) is 12.1 Å². The maximum Gasteiger partial charge on any atom is 0.252 e. The van der Waals surface area contributed by atoms with E-state index in [9.17, 15) is 9.18 Å². The SMILES string of the molecule is O=C(NCc1ccoc1)c1cccc(F)c1Br. The molecule has 0 saturated carbocycles. The number of hydrogen-bond donors (Lipinski definition) is 1. The van der Waals surface area contributed by atoms with Crippen LogP contribution in [0.25, 0.3) is 0 Å². The van der Waals surface area contributed by atoms with Gasteiger partial charge in [0.05, 0.1) is 22.6 Å². The van der Waals surface area contributed by atoms with Crippen LogP contribution in [0.2, 0.25) is 0 Å². The number of nitrogens with one attached hydrogen (secondary N) is 1. The first-order valence-corrected chi connectivity index (χ1v) is 5.71. The lowest BCUT2D eigenvalue weighted by atomic mass is 10.2. The summed E-state index contributed by atoms with van der Waals surface area (Å²) in [5.41, 5.74) is 1.12. The molecule has 17 heavy (non-hydrogen) atoms. The van der Waals surface area contributed by atoms with Crippen molar-refractivity contribution in [2.75, 3.05) is 0 Å². The number of carbonyl (C=O) groups is 1. The number of halogens is 2. The quantitative estimate of drug-likeness (QED) is 0.946. The molecule has 5 heteroatoms. The van der Waals surface area contributed by atoms with E-state index < -0.39 is 5.82 Å². The third-order valence-electron chi connectivity index (χ3n) is 2.23. The Hall–Kier alpha value is -1.62. The van der Waals surface area contributed by atoms with Crippen LogP contribution in [0, 0.1) is 5.82 Å². The molecule has 1 N–H and O–H groups in total. The van der Waals surface area contributed by atoms with Crippen molar-refractivity contribution in [1.29, 1.82) is 0 Å². The molecule has 0 unspecified atom stereocenters. The summed E-state index contributed by atoms with van der Waals surface area (Å²) in [5.74, 6) is -0.793. The van der Waals surface area contributed by atoms with E-state index in [1.807, 2.05) is 0 Å². The zero-order chi connectivity index (χ0) is 12.3. The molecule has 1 amide bonds. The minimum atomic E-state index is -0.457. The van der Waals surface area contributed by atoms with Gasteiger partial charge >= 0.3 is 0 Å². The highest BCUT2D eigenvalue weighted by molar-refractivity contribution is 9.10. The summed E-state index contributed by atoms with van der Waals surface area (Å²) in [6.07, 6.45) is 3.07. The largest absolute Gasteiger partial charge is 0.472 e. The second kappa shape index (κ2) is 5.14. The lowest BCUT2D eigenvalue weighted by molar-refractivity contribution is 0.0949. The van der Waals surface area contributed by atoms with Crippen LogP contribution in [-0.2, 0) is 6.54 Å². The molecule has 0 spiro atoms. The molecule has 0 atom stereocenters. The first-order chi connectivity index (χ1) is 8.18. The smallest absolute Gasteiger partial charge is 0.252 e. The standard InChI is InChI=1S/C12H9BrFNO2/c13-11-9(2-1-3-10(11)14)12(16)15-6-8-4-5-17-7-8/h1-5,7H,6H2,(H,15,16). The van der Waals surface area contributed by atoms with E-state index in [2.05, 4.69) is 21.2 Å². The van der Waals surface area contributed by atoms with Crippen molar-refractivity contribution in [3.8, 4) is 0 Å². The Morgan fingerprint density at radius 1 is 1.41 bits per heavy atom. The van der Waals surface area contributed by atoms with Crippen molar-refractivity contribution in [3.05, 3.63) is 58.2 Å². The van der Waals surface area contributed by atoms with Gasteiger partial charge in [0.15, 0.2) is 0 Å². The van der Waals surface area contributed by atoms with Gasteiger partial charge in [-0.15, -0.1) is 0 Å². The fourth-order valence-corrected chi connectivity index (χ4v) is 1.79. The highest BCUT2D eigenvalue weighted by Crippen LogP contribution is 2.20. The van der Waals surface area contributed by atoms with Crippen LogP contribution in [0.15, 0.2) is 45.7 Å². The fraction of sp³-hybridized carbons (Fsp3) is 0.0833. The van der Waals surface area contributed by atoms with Crippen LogP contribution in [0.5, 0.6) is 0 Å². The molecule has 1 aromatic heterocycles. The summed E-state index contributed by atoms with van der Waals surface area (Å²) in [4.78, 5) is 11.8. The van der Waals surface area contributed by atoms with E-state index in [0.717, 1.165) is 5.56 Å². The van der Waals surface area contributed by atoms with Crippen molar-refractivity contribution in [2.24, 2.45) is 0 Å². The summed E-state index contributed by atoms with van der Waals surface area (Å²) in [6.45, 7) is 0.346. The van der Waals surface area contributed by atoms with Gasteiger partial charge in [-0.2, -0.15) is 0 Å². The van der Waals surface area contributed by atoms with E-state index >= 15 is 0 Å². The van der Waals surface area contributed by atoms with E-state index in [4.69, 9.17) is 4.42 Å². The molecule has 0 bridgehead atoms. The zero-order valence-electron chi connectivity index (χ0n) is 8.74. The molecular formula is C12H9BrFNO2. The second-order valence-electron chi connectivity index (χ2n) is 3.42. The lowest BCUT2D eigenvalue weighted by Crippen LogP contribution is -2.23. The molecule has 0 aliphatic heterocycles. The average molecular weight is 298 g/mol. The molecule has 1 heterocycles. The summed E-state index contributed by atoms with van der Waals surface area (Å²) < 4.78 is 18.3. The van der Waals surface area contributed by atoms with Crippen LogP contribution in [0.1, 0.15) is 15.9 Å². The summed E-state index contributed by atoms with van der Waals surface area (Å²) in [5, 5.41) is 2.67. The van der Waals surface area contributed by atoms with E-state index in [-0.39, 0.29) is 15.9 Å². The Morgan fingerprint density at radius 3 is 2.94 bits per heavy atom. The van der Waals surface area contributed by atoms with Crippen LogP contribution in [-0.4, -0.2) is 5.91 Å². The van der Waals surface area contributed by atoms with Gasteiger partial charge in [-0.05, 0) is 34.1 Å². The summed E-state index contributed by atoms with van der Waals surface area (Å²) in [7, 11) is 0. The number of benzene rings is 1. The van der Waals surface area contributed by atoms with Gasteiger partial charge < -0.3 is 9.73 Å². The highest BCUT2D eigenvalue weighted by atomic mass is 79.9.